The van der Waals surface area contributed by atoms with E-state index in [0.29, 0.717) is 0 Å². The molecule has 1 fully saturated rings. The molecule has 104 valence electrons. The van der Waals surface area contributed by atoms with Crippen molar-refractivity contribution in [2.24, 2.45) is 0 Å². The Kier molecular flexibility index (Phi) is 3.87. The lowest BCUT2D eigenvalue weighted by atomic mass is 9.80. The smallest absolute Gasteiger partial charge is 0.0952 e. The summed E-state index contributed by atoms with van der Waals surface area (Å²) in [5.41, 5.74) is 2.88. The minimum Gasteiger partial charge on any atom is -0.377 e. The summed E-state index contributed by atoms with van der Waals surface area (Å²) in [6.45, 7) is 2.65. The first-order valence-electron chi connectivity index (χ1n) is 7.28. The minimum atomic E-state index is 0.0915. The Labute approximate surface area is 115 Å². The summed E-state index contributed by atoms with van der Waals surface area (Å²) in [5, 5.41) is 3.54. The van der Waals surface area contributed by atoms with Crippen molar-refractivity contribution in [1.29, 1.82) is 0 Å². The van der Waals surface area contributed by atoms with E-state index < -0.39 is 0 Å². The van der Waals surface area contributed by atoms with Gasteiger partial charge < -0.3 is 14.8 Å². The second-order valence-electron chi connectivity index (χ2n) is 5.68. The first kappa shape index (κ1) is 13.1. The molecule has 2 aliphatic rings. The van der Waals surface area contributed by atoms with Gasteiger partial charge in [0.1, 0.15) is 0 Å². The van der Waals surface area contributed by atoms with Crippen molar-refractivity contribution >= 4 is 0 Å². The number of methoxy groups -OCH3 is 1. The second kappa shape index (κ2) is 5.61. The summed E-state index contributed by atoms with van der Waals surface area (Å²) < 4.78 is 11.5. The maximum atomic E-state index is 5.90. The minimum absolute atomic E-state index is 0.0915. The molecule has 0 saturated heterocycles. The molecule has 0 aromatic heterocycles. The van der Waals surface area contributed by atoms with Crippen molar-refractivity contribution in [2.45, 2.75) is 37.4 Å². The van der Waals surface area contributed by atoms with Crippen molar-refractivity contribution in [3.8, 4) is 0 Å². The molecule has 1 atom stereocenters. The van der Waals surface area contributed by atoms with Crippen LogP contribution in [0.15, 0.2) is 24.3 Å². The summed E-state index contributed by atoms with van der Waals surface area (Å²) in [7, 11) is 1.83. The highest BCUT2D eigenvalue weighted by molar-refractivity contribution is 5.31. The van der Waals surface area contributed by atoms with E-state index in [1.54, 1.807) is 0 Å². The van der Waals surface area contributed by atoms with E-state index in [-0.39, 0.29) is 11.7 Å². The summed E-state index contributed by atoms with van der Waals surface area (Å²) in [6, 6.07) is 8.62. The standard InChI is InChI=1S/C16H23NO2/c1-18-16(8-4-9-16)12-17-11-15-14-6-3-2-5-13(14)7-10-19-15/h2-3,5-6,15,17H,4,7-12H2,1H3. The Morgan fingerprint density at radius 2 is 2.21 bits per heavy atom. The number of rotatable bonds is 5. The van der Waals surface area contributed by atoms with Crippen LogP contribution in [0.25, 0.3) is 0 Å². The summed E-state index contributed by atoms with van der Waals surface area (Å²) in [4.78, 5) is 0. The average Bonchev–Trinajstić information content (AvgIpc) is 2.42. The molecule has 19 heavy (non-hydrogen) atoms. The van der Waals surface area contributed by atoms with E-state index in [1.807, 2.05) is 7.11 Å². The van der Waals surface area contributed by atoms with Gasteiger partial charge in [0.25, 0.3) is 0 Å². The van der Waals surface area contributed by atoms with E-state index in [2.05, 4.69) is 29.6 Å². The van der Waals surface area contributed by atoms with Gasteiger partial charge in [0, 0.05) is 20.2 Å². The molecular weight excluding hydrogens is 238 g/mol. The third-order valence-corrected chi connectivity index (χ3v) is 4.57. The molecule has 1 aliphatic carbocycles. The SMILES string of the molecule is COC1(CNCC2OCCc3ccccc32)CCC1. The number of nitrogens with one attached hydrogen (secondary N) is 1. The highest BCUT2D eigenvalue weighted by atomic mass is 16.5. The molecule has 0 amide bonds. The number of ether oxygens (including phenoxy) is 2. The van der Waals surface area contributed by atoms with E-state index in [4.69, 9.17) is 9.47 Å². The third-order valence-electron chi connectivity index (χ3n) is 4.57. The van der Waals surface area contributed by atoms with Gasteiger partial charge in [-0.3, -0.25) is 0 Å². The molecule has 1 aromatic carbocycles. The molecule has 0 spiro atoms. The zero-order valence-corrected chi connectivity index (χ0v) is 11.7. The monoisotopic (exact) mass is 261 g/mol. The van der Waals surface area contributed by atoms with Gasteiger partial charge in [-0.2, -0.15) is 0 Å². The Bertz CT molecular complexity index is 423. The molecule has 0 radical (unpaired) electrons. The van der Waals surface area contributed by atoms with Crippen LogP contribution in [0.2, 0.25) is 0 Å². The van der Waals surface area contributed by atoms with Crippen molar-refractivity contribution in [3.05, 3.63) is 35.4 Å². The second-order valence-corrected chi connectivity index (χ2v) is 5.68. The molecule has 3 rings (SSSR count). The van der Waals surface area contributed by atoms with Crippen LogP contribution in [0.4, 0.5) is 0 Å². The summed E-state index contributed by atoms with van der Waals surface area (Å²) in [5.74, 6) is 0. The fraction of sp³-hybridized carbons (Fsp3) is 0.625. The van der Waals surface area contributed by atoms with Crippen molar-refractivity contribution < 1.29 is 9.47 Å². The van der Waals surface area contributed by atoms with Crippen LogP contribution in [0, 0.1) is 0 Å². The van der Waals surface area contributed by atoms with Crippen LogP contribution < -0.4 is 5.32 Å². The highest BCUT2D eigenvalue weighted by Gasteiger charge is 2.36. The zero-order chi connectivity index (χ0) is 13.1. The molecule has 0 bridgehead atoms. The Morgan fingerprint density at radius 1 is 1.37 bits per heavy atom. The predicted molar refractivity (Wildman–Crippen MR) is 75.3 cm³/mol. The molecule has 1 heterocycles. The van der Waals surface area contributed by atoms with Crippen LogP contribution in [0.3, 0.4) is 0 Å². The van der Waals surface area contributed by atoms with E-state index in [0.717, 1.165) is 26.1 Å². The number of benzene rings is 1. The van der Waals surface area contributed by atoms with Crippen LogP contribution in [-0.4, -0.2) is 32.4 Å². The van der Waals surface area contributed by atoms with E-state index >= 15 is 0 Å². The Morgan fingerprint density at radius 3 is 2.95 bits per heavy atom. The fourth-order valence-electron chi connectivity index (χ4n) is 3.10. The van der Waals surface area contributed by atoms with Crippen LogP contribution in [0.5, 0.6) is 0 Å². The predicted octanol–water partition coefficient (Wildman–Crippen LogP) is 2.46. The van der Waals surface area contributed by atoms with Gasteiger partial charge in [-0.05, 0) is 36.8 Å². The Balaban J connectivity index is 1.56. The largest absolute Gasteiger partial charge is 0.377 e. The van der Waals surface area contributed by atoms with Crippen molar-refractivity contribution in [3.63, 3.8) is 0 Å². The number of hydrogen-bond acceptors (Lipinski definition) is 3. The summed E-state index contributed by atoms with van der Waals surface area (Å²) in [6.07, 6.45) is 4.88. The Hall–Kier alpha value is -0.900. The van der Waals surface area contributed by atoms with Crippen molar-refractivity contribution in [2.75, 3.05) is 26.8 Å². The van der Waals surface area contributed by atoms with Gasteiger partial charge in [0.15, 0.2) is 0 Å². The number of fused-ring (bicyclic) bond motifs is 1. The fourth-order valence-corrected chi connectivity index (χ4v) is 3.10. The topological polar surface area (TPSA) is 30.5 Å². The highest BCUT2D eigenvalue weighted by Crippen LogP contribution is 2.34. The number of hydrogen-bond donors (Lipinski definition) is 1. The lowest BCUT2D eigenvalue weighted by molar-refractivity contribution is -0.0715. The average molecular weight is 261 g/mol. The maximum absolute atomic E-state index is 5.90. The lowest BCUT2D eigenvalue weighted by Gasteiger charge is -2.41. The molecule has 1 unspecified atom stereocenters. The first-order chi connectivity index (χ1) is 9.33. The third kappa shape index (κ3) is 2.69. The van der Waals surface area contributed by atoms with Gasteiger partial charge in [0.05, 0.1) is 18.3 Å². The molecule has 3 heteroatoms. The van der Waals surface area contributed by atoms with Gasteiger partial charge in [-0.25, -0.2) is 0 Å². The quantitative estimate of drug-likeness (QED) is 0.883. The van der Waals surface area contributed by atoms with Gasteiger partial charge in [-0.1, -0.05) is 24.3 Å². The first-order valence-corrected chi connectivity index (χ1v) is 7.28. The van der Waals surface area contributed by atoms with Crippen molar-refractivity contribution in [1.82, 2.24) is 5.32 Å². The zero-order valence-electron chi connectivity index (χ0n) is 11.7. The molecule has 3 nitrogen and oxygen atoms in total. The van der Waals surface area contributed by atoms with E-state index in [9.17, 15) is 0 Å². The van der Waals surface area contributed by atoms with Gasteiger partial charge in [0.2, 0.25) is 0 Å². The van der Waals surface area contributed by atoms with E-state index in [1.165, 1.54) is 30.4 Å². The lowest BCUT2D eigenvalue weighted by Crippen LogP contribution is -2.48. The van der Waals surface area contributed by atoms with Crippen LogP contribution in [-0.2, 0) is 15.9 Å². The molecule has 1 N–H and O–H groups in total. The normalized spacial score (nSPS) is 24.6. The molecule has 1 aliphatic heterocycles. The van der Waals surface area contributed by atoms with Crippen LogP contribution >= 0.6 is 0 Å². The summed E-state index contributed by atoms with van der Waals surface area (Å²) >= 11 is 0. The molecular formula is C16H23NO2. The van der Waals surface area contributed by atoms with Crippen LogP contribution in [0.1, 0.15) is 36.5 Å². The van der Waals surface area contributed by atoms with Gasteiger partial charge in [-0.15, -0.1) is 0 Å². The van der Waals surface area contributed by atoms with Gasteiger partial charge >= 0.3 is 0 Å². The molecule has 1 aromatic rings. The maximum Gasteiger partial charge on any atom is 0.0952 e. The molecule has 1 saturated carbocycles.